The Morgan fingerprint density at radius 3 is 2.24 bits per heavy atom. The number of esters is 1. The minimum Gasteiger partial charge on any atom is -0.460 e. The number of carbonyl (C=O) groups excluding carboxylic acids is 1. The molecular weight excluding hydrogens is 332 g/mol. The molecule has 1 saturated carbocycles. The molecule has 0 amide bonds. The molecule has 0 saturated heterocycles. The van der Waals surface area contributed by atoms with E-state index in [2.05, 4.69) is 4.74 Å². The van der Waals surface area contributed by atoms with E-state index in [9.17, 15) is 18.0 Å². The fourth-order valence-corrected chi connectivity index (χ4v) is 2.41. The molecule has 116 valence electrons. The maximum atomic E-state index is 12.0. The van der Waals surface area contributed by atoms with Crippen LogP contribution in [0.15, 0.2) is 24.3 Å². The molecule has 0 aromatic heterocycles. The predicted molar refractivity (Wildman–Crippen MR) is 70.1 cm³/mol. The van der Waals surface area contributed by atoms with Crippen molar-refractivity contribution in [3.63, 3.8) is 0 Å². The molecule has 0 spiro atoms. The molecule has 0 N–H and O–H groups in total. The molecule has 1 aromatic carbocycles. The Balaban J connectivity index is 1.89. The van der Waals surface area contributed by atoms with Gasteiger partial charge in [-0.15, -0.1) is 36.4 Å². The summed E-state index contributed by atoms with van der Waals surface area (Å²) < 4.78 is 43.6. The minimum atomic E-state index is -4.74. The molecule has 0 bridgehead atoms. The normalized spacial score (nSPS) is 23.5. The lowest BCUT2D eigenvalue weighted by molar-refractivity contribution is -0.274. The Labute approximate surface area is 128 Å². The summed E-state index contributed by atoms with van der Waals surface area (Å²) in [4.78, 5) is 11.8. The lowest BCUT2D eigenvalue weighted by Crippen LogP contribution is -2.21. The standard InChI is InChI=1S/C13H11Cl2F3O3/c1-11(7-12(11,14)15)10(19)20-6-8-2-4-9(5-3-8)21-13(16,17)18/h2-5H,6-7H2,1H3. The van der Waals surface area contributed by atoms with Crippen molar-refractivity contribution in [2.24, 2.45) is 5.41 Å². The minimum absolute atomic E-state index is 0.0788. The molecule has 0 radical (unpaired) electrons. The highest BCUT2D eigenvalue weighted by Crippen LogP contribution is 2.64. The molecule has 1 aliphatic rings. The van der Waals surface area contributed by atoms with Crippen LogP contribution in [0.5, 0.6) is 5.75 Å². The first-order chi connectivity index (χ1) is 9.53. The van der Waals surface area contributed by atoms with Gasteiger partial charge in [-0.25, -0.2) is 0 Å². The second-order valence-corrected chi connectivity index (χ2v) is 6.47. The third kappa shape index (κ3) is 3.74. The Morgan fingerprint density at radius 1 is 1.29 bits per heavy atom. The molecular formula is C13H11Cl2F3O3. The molecule has 1 aliphatic carbocycles. The van der Waals surface area contributed by atoms with Crippen molar-refractivity contribution in [3.8, 4) is 5.75 Å². The lowest BCUT2D eigenvalue weighted by Gasteiger charge is -2.12. The van der Waals surface area contributed by atoms with Crippen LogP contribution >= 0.6 is 23.2 Å². The summed E-state index contributed by atoms with van der Waals surface area (Å²) in [6, 6.07) is 5.03. The smallest absolute Gasteiger partial charge is 0.460 e. The fraction of sp³-hybridized carbons (Fsp3) is 0.462. The molecule has 8 heteroatoms. The van der Waals surface area contributed by atoms with E-state index in [4.69, 9.17) is 27.9 Å². The van der Waals surface area contributed by atoms with Gasteiger partial charge in [0, 0.05) is 6.42 Å². The van der Waals surface area contributed by atoms with Gasteiger partial charge in [0.1, 0.15) is 22.1 Å². The SMILES string of the molecule is CC1(C(=O)OCc2ccc(OC(F)(F)F)cc2)CC1(Cl)Cl. The molecule has 3 nitrogen and oxygen atoms in total. The molecule has 0 aliphatic heterocycles. The van der Waals surface area contributed by atoms with E-state index in [1.807, 2.05) is 0 Å². The number of halogens is 5. The second kappa shape index (κ2) is 5.25. The van der Waals surface area contributed by atoms with Gasteiger partial charge in [-0.3, -0.25) is 4.79 Å². The first-order valence-electron chi connectivity index (χ1n) is 5.93. The van der Waals surface area contributed by atoms with Crippen molar-refractivity contribution in [3.05, 3.63) is 29.8 Å². The number of hydrogen-bond acceptors (Lipinski definition) is 3. The summed E-state index contributed by atoms with van der Waals surface area (Å²) in [7, 11) is 0. The van der Waals surface area contributed by atoms with Gasteiger partial charge in [0.15, 0.2) is 0 Å². The molecule has 1 unspecified atom stereocenters. The van der Waals surface area contributed by atoms with E-state index in [1.54, 1.807) is 6.92 Å². The topological polar surface area (TPSA) is 35.5 Å². The van der Waals surface area contributed by atoms with E-state index < -0.39 is 22.1 Å². The predicted octanol–water partition coefficient (Wildman–Crippen LogP) is 4.21. The van der Waals surface area contributed by atoms with Gasteiger partial charge < -0.3 is 9.47 Å². The average Bonchev–Trinajstić information content (AvgIpc) is 2.87. The van der Waals surface area contributed by atoms with Crippen molar-refractivity contribution in [2.45, 2.75) is 30.6 Å². The third-order valence-corrected chi connectivity index (χ3v) is 4.34. The van der Waals surface area contributed by atoms with Crippen LogP contribution in [0.1, 0.15) is 18.9 Å². The fourth-order valence-electron chi connectivity index (χ4n) is 1.72. The van der Waals surface area contributed by atoms with Crippen molar-refractivity contribution < 1.29 is 27.4 Å². The first kappa shape index (κ1) is 16.2. The van der Waals surface area contributed by atoms with Crippen LogP contribution in [-0.4, -0.2) is 16.7 Å². The summed E-state index contributed by atoms with van der Waals surface area (Å²) >= 11 is 11.7. The second-order valence-electron chi connectivity index (χ2n) is 4.98. The largest absolute Gasteiger partial charge is 0.573 e. The van der Waals surface area contributed by atoms with Crippen LogP contribution in [0, 0.1) is 5.41 Å². The Hall–Kier alpha value is -1.14. The molecule has 1 fully saturated rings. The highest BCUT2D eigenvalue weighted by atomic mass is 35.5. The van der Waals surface area contributed by atoms with E-state index in [0.717, 1.165) is 12.1 Å². The van der Waals surface area contributed by atoms with Gasteiger partial charge in [0.25, 0.3) is 0 Å². The van der Waals surface area contributed by atoms with E-state index in [0.29, 0.717) is 12.0 Å². The lowest BCUT2D eigenvalue weighted by atomic mass is 10.1. The summed E-state index contributed by atoms with van der Waals surface area (Å²) in [5, 5.41) is 0. The Bertz CT molecular complexity index is 543. The molecule has 1 atom stereocenters. The number of benzene rings is 1. The molecule has 2 rings (SSSR count). The van der Waals surface area contributed by atoms with Gasteiger partial charge in [-0.2, -0.15) is 0 Å². The molecule has 21 heavy (non-hydrogen) atoms. The summed E-state index contributed by atoms with van der Waals surface area (Å²) in [6.07, 6.45) is -4.43. The summed E-state index contributed by atoms with van der Waals surface area (Å²) in [6.45, 7) is 1.51. The highest BCUT2D eigenvalue weighted by Gasteiger charge is 2.69. The molecule has 0 heterocycles. The van der Waals surface area contributed by atoms with Crippen molar-refractivity contribution >= 4 is 29.2 Å². The van der Waals surface area contributed by atoms with E-state index in [-0.39, 0.29) is 12.4 Å². The highest BCUT2D eigenvalue weighted by molar-refractivity contribution is 6.53. The third-order valence-electron chi connectivity index (χ3n) is 3.24. The number of rotatable bonds is 4. The van der Waals surface area contributed by atoms with Gasteiger partial charge >= 0.3 is 12.3 Å². The number of ether oxygens (including phenoxy) is 2. The maximum Gasteiger partial charge on any atom is 0.573 e. The Kier molecular flexibility index (Phi) is 4.06. The maximum absolute atomic E-state index is 12.0. The van der Waals surface area contributed by atoms with Crippen LogP contribution in [0.2, 0.25) is 0 Å². The van der Waals surface area contributed by atoms with Crippen LogP contribution < -0.4 is 4.74 Å². The van der Waals surface area contributed by atoms with Gasteiger partial charge in [0.2, 0.25) is 0 Å². The number of carbonyl (C=O) groups is 1. The van der Waals surface area contributed by atoms with Crippen LogP contribution in [0.3, 0.4) is 0 Å². The average molecular weight is 343 g/mol. The molecule has 1 aromatic rings. The van der Waals surface area contributed by atoms with Crippen LogP contribution in [-0.2, 0) is 16.1 Å². The summed E-state index contributed by atoms with van der Waals surface area (Å²) in [5.74, 6) is -0.879. The van der Waals surface area contributed by atoms with Crippen LogP contribution in [0.4, 0.5) is 13.2 Å². The number of hydrogen-bond donors (Lipinski definition) is 0. The van der Waals surface area contributed by atoms with Crippen molar-refractivity contribution in [1.82, 2.24) is 0 Å². The van der Waals surface area contributed by atoms with Gasteiger partial charge in [0.05, 0.1) is 0 Å². The Morgan fingerprint density at radius 2 is 1.81 bits per heavy atom. The van der Waals surface area contributed by atoms with E-state index >= 15 is 0 Å². The summed E-state index contributed by atoms with van der Waals surface area (Å²) in [5.41, 5.74) is -0.410. The van der Waals surface area contributed by atoms with Crippen molar-refractivity contribution in [2.75, 3.05) is 0 Å². The monoisotopic (exact) mass is 342 g/mol. The van der Waals surface area contributed by atoms with Gasteiger partial charge in [-0.1, -0.05) is 12.1 Å². The zero-order valence-corrected chi connectivity index (χ0v) is 12.4. The number of alkyl halides is 5. The first-order valence-corrected chi connectivity index (χ1v) is 6.69. The zero-order valence-electron chi connectivity index (χ0n) is 10.8. The quantitative estimate of drug-likeness (QED) is 0.607. The van der Waals surface area contributed by atoms with Crippen LogP contribution in [0.25, 0.3) is 0 Å². The van der Waals surface area contributed by atoms with Crippen molar-refractivity contribution in [1.29, 1.82) is 0 Å². The van der Waals surface area contributed by atoms with E-state index in [1.165, 1.54) is 12.1 Å². The zero-order chi connectivity index (χ0) is 15.9. The van der Waals surface area contributed by atoms with Gasteiger partial charge in [-0.05, 0) is 24.6 Å².